The molecule has 2 nitrogen and oxygen atoms in total. The second-order valence-electron chi connectivity index (χ2n) is 7.07. The summed E-state index contributed by atoms with van der Waals surface area (Å²) in [5.74, 6) is 0.531. The fraction of sp³-hybridized carbons (Fsp3) is 0.364. The van der Waals surface area contributed by atoms with Gasteiger partial charge in [0.15, 0.2) is 5.78 Å². The Hall–Kier alpha value is -2.22. The standard InChI is InChI=1S/C22H22O2/c23-20-12-6-11-18(20)21(16-8-2-1-3-9-16)19-14-13-15-7-4-5-10-17(15)22(19)24/h1-5,7-10,18-19,21H,6,11-14H2. The van der Waals surface area contributed by atoms with Gasteiger partial charge in [-0.2, -0.15) is 0 Å². The van der Waals surface area contributed by atoms with E-state index in [0.29, 0.717) is 12.2 Å². The quantitative estimate of drug-likeness (QED) is 0.830. The topological polar surface area (TPSA) is 34.1 Å². The Kier molecular flexibility index (Phi) is 4.05. The second kappa shape index (κ2) is 6.35. The number of hydrogen-bond acceptors (Lipinski definition) is 2. The van der Waals surface area contributed by atoms with Crippen LogP contribution in [-0.4, -0.2) is 11.6 Å². The molecule has 2 heteroatoms. The van der Waals surface area contributed by atoms with E-state index in [9.17, 15) is 9.59 Å². The van der Waals surface area contributed by atoms with Gasteiger partial charge in [-0.1, -0.05) is 54.6 Å². The fourth-order valence-corrected chi connectivity index (χ4v) is 4.61. The first kappa shape index (κ1) is 15.3. The molecule has 1 fully saturated rings. The number of aryl methyl sites for hydroxylation is 1. The van der Waals surface area contributed by atoms with E-state index in [4.69, 9.17) is 0 Å². The van der Waals surface area contributed by atoms with Crippen molar-refractivity contribution in [3.8, 4) is 0 Å². The summed E-state index contributed by atoms with van der Waals surface area (Å²) in [5, 5.41) is 0. The van der Waals surface area contributed by atoms with E-state index in [2.05, 4.69) is 18.2 Å². The van der Waals surface area contributed by atoms with Crippen LogP contribution >= 0.6 is 0 Å². The van der Waals surface area contributed by atoms with Gasteiger partial charge in [0.2, 0.25) is 0 Å². The molecule has 2 aliphatic carbocycles. The minimum absolute atomic E-state index is 0.00612. The van der Waals surface area contributed by atoms with Crippen molar-refractivity contribution in [3.63, 3.8) is 0 Å². The van der Waals surface area contributed by atoms with Crippen molar-refractivity contribution in [1.82, 2.24) is 0 Å². The lowest BCUT2D eigenvalue weighted by atomic mass is 9.68. The number of ketones is 2. The normalized spacial score (nSPS) is 24.7. The second-order valence-corrected chi connectivity index (χ2v) is 7.07. The van der Waals surface area contributed by atoms with Gasteiger partial charge in [0.05, 0.1) is 0 Å². The van der Waals surface area contributed by atoms with Crippen LogP contribution in [0.5, 0.6) is 0 Å². The molecular weight excluding hydrogens is 296 g/mol. The van der Waals surface area contributed by atoms with Crippen LogP contribution in [0.3, 0.4) is 0 Å². The summed E-state index contributed by atoms with van der Waals surface area (Å²) < 4.78 is 0. The summed E-state index contributed by atoms with van der Waals surface area (Å²) >= 11 is 0. The molecule has 4 rings (SSSR count). The highest BCUT2D eigenvalue weighted by molar-refractivity contribution is 6.01. The molecule has 1 saturated carbocycles. The van der Waals surface area contributed by atoms with Crippen LogP contribution < -0.4 is 0 Å². The largest absolute Gasteiger partial charge is 0.299 e. The lowest BCUT2D eigenvalue weighted by Crippen LogP contribution is -2.33. The SMILES string of the molecule is O=C1CCCC1C(c1ccccc1)C1CCc2ccccc2C1=O. The number of Topliss-reactive ketones (excluding diaryl/α,β-unsaturated/α-hetero) is 2. The highest BCUT2D eigenvalue weighted by Gasteiger charge is 2.42. The van der Waals surface area contributed by atoms with Crippen LogP contribution in [0.4, 0.5) is 0 Å². The number of benzene rings is 2. The van der Waals surface area contributed by atoms with E-state index in [1.165, 1.54) is 0 Å². The van der Waals surface area contributed by atoms with E-state index in [-0.39, 0.29) is 23.5 Å². The molecular formula is C22H22O2. The monoisotopic (exact) mass is 318 g/mol. The van der Waals surface area contributed by atoms with Gasteiger partial charge in [-0.3, -0.25) is 9.59 Å². The summed E-state index contributed by atoms with van der Waals surface area (Å²) in [5.41, 5.74) is 3.17. The van der Waals surface area contributed by atoms with Crippen LogP contribution in [0.15, 0.2) is 54.6 Å². The Labute approximate surface area is 142 Å². The van der Waals surface area contributed by atoms with Crippen molar-refractivity contribution in [3.05, 3.63) is 71.3 Å². The fourth-order valence-electron chi connectivity index (χ4n) is 4.61. The summed E-state index contributed by atoms with van der Waals surface area (Å²) in [6.07, 6.45) is 4.33. The van der Waals surface area contributed by atoms with Crippen molar-refractivity contribution >= 4 is 11.6 Å². The molecule has 0 radical (unpaired) electrons. The molecule has 0 saturated heterocycles. The molecule has 3 unspecified atom stereocenters. The van der Waals surface area contributed by atoms with Crippen molar-refractivity contribution < 1.29 is 9.59 Å². The van der Waals surface area contributed by atoms with E-state index in [0.717, 1.165) is 42.4 Å². The lowest BCUT2D eigenvalue weighted by Gasteiger charge is -2.34. The first-order chi connectivity index (χ1) is 11.8. The van der Waals surface area contributed by atoms with Crippen molar-refractivity contribution in [1.29, 1.82) is 0 Å². The van der Waals surface area contributed by atoms with Gasteiger partial charge in [0.25, 0.3) is 0 Å². The summed E-state index contributed by atoms with van der Waals surface area (Å²) in [7, 11) is 0. The highest BCUT2D eigenvalue weighted by Crippen LogP contribution is 2.44. The number of hydrogen-bond donors (Lipinski definition) is 0. The Morgan fingerprint density at radius 3 is 2.29 bits per heavy atom. The first-order valence-electron chi connectivity index (χ1n) is 8.95. The molecule has 0 amide bonds. The molecule has 0 aromatic heterocycles. The first-order valence-corrected chi connectivity index (χ1v) is 8.95. The average Bonchev–Trinajstić information content (AvgIpc) is 3.04. The molecule has 0 spiro atoms. The summed E-state index contributed by atoms with van der Waals surface area (Å²) in [4.78, 5) is 25.7. The van der Waals surface area contributed by atoms with Crippen LogP contribution in [0.25, 0.3) is 0 Å². The molecule has 24 heavy (non-hydrogen) atoms. The molecule has 0 aliphatic heterocycles. The molecule has 122 valence electrons. The summed E-state index contributed by atoms with van der Waals surface area (Å²) in [6.45, 7) is 0. The number of rotatable bonds is 3. The molecule has 2 aliphatic rings. The lowest BCUT2D eigenvalue weighted by molar-refractivity contribution is -0.121. The minimum atomic E-state index is -0.0747. The molecule has 2 aromatic rings. The molecule has 0 bridgehead atoms. The molecule has 0 N–H and O–H groups in total. The third-order valence-corrected chi connectivity index (χ3v) is 5.75. The third kappa shape index (κ3) is 2.60. The number of carbonyl (C=O) groups excluding carboxylic acids is 2. The van der Waals surface area contributed by atoms with Gasteiger partial charge in [0, 0.05) is 29.7 Å². The van der Waals surface area contributed by atoms with Gasteiger partial charge < -0.3 is 0 Å². The van der Waals surface area contributed by atoms with Crippen LogP contribution in [0.1, 0.15) is 53.1 Å². The van der Waals surface area contributed by atoms with E-state index >= 15 is 0 Å². The minimum Gasteiger partial charge on any atom is -0.299 e. The van der Waals surface area contributed by atoms with E-state index in [1.54, 1.807) is 0 Å². The third-order valence-electron chi connectivity index (χ3n) is 5.75. The van der Waals surface area contributed by atoms with E-state index in [1.807, 2.05) is 36.4 Å². The summed E-state index contributed by atoms with van der Waals surface area (Å²) in [6, 6.07) is 18.2. The van der Waals surface area contributed by atoms with Crippen LogP contribution in [0.2, 0.25) is 0 Å². The zero-order valence-corrected chi connectivity index (χ0v) is 13.8. The predicted molar refractivity (Wildman–Crippen MR) is 94.1 cm³/mol. The smallest absolute Gasteiger partial charge is 0.166 e. The van der Waals surface area contributed by atoms with E-state index < -0.39 is 0 Å². The van der Waals surface area contributed by atoms with Crippen LogP contribution in [-0.2, 0) is 11.2 Å². The van der Waals surface area contributed by atoms with Gasteiger partial charge >= 0.3 is 0 Å². The highest BCUT2D eigenvalue weighted by atomic mass is 16.1. The Morgan fingerprint density at radius 2 is 1.54 bits per heavy atom. The van der Waals surface area contributed by atoms with Gasteiger partial charge in [-0.25, -0.2) is 0 Å². The number of fused-ring (bicyclic) bond motifs is 1. The van der Waals surface area contributed by atoms with Gasteiger partial charge in [0.1, 0.15) is 5.78 Å². The Balaban J connectivity index is 1.74. The van der Waals surface area contributed by atoms with Gasteiger partial charge in [-0.05, 0) is 36.8 Å². The zero-order chi connectivity index (χ0) is 16.5. The van der Waals surface area contributed by atoms with Crippen molar-refractivity contribution in [2.75, 3.05) is 0 Å². The van der Waals surface area contributed by atoms with Crippen molar-refractivity contribution in [2.24, 2.45) is 11.8 Å². The Morgan fingerprint density at radius 1 is 0.792 bits per heavy atom. The molecule has 2 aromatic carbocycles. The zero-order valence-electron chi connectivity index (χ0n) is 13.8. The number of carbonyl (C=O) groups is 2. The average molecular weight is 318 g/mol. The maximum absolute atomic E-state index is 13.2. The van der Waals surface area contributed by atoms with Crippen LogP contribution in [0, 0.1) is 11.8 Å². The maximum atomic E-state index is 13.2. The Bertz CT molecular complexity index is 763. The molecule has 0 heterocycles. The predicted octanol–water partition coefficient (Wildman–Crippen LogP) is 4.58. The maximum Gasteiger partial charge on any atom is 0.166 e. The molecule has 3 atom stereocenters. The van der Waals surface area contributed by atoms with Gasteiger partial charge in [-0.15, -0.1) is 0 Å². The van der Waals surface area contributed by atoms with Crippen molar-refractivity contribution in [2.45, 2.75) is 38.0 Å².